The molecule has 2 aromatic heterocycles. The van der Waals surface area contributed by atoms with E-state index in [0.29, 0.717) is 35.7 Å². The molecule has 1 aromatic carbocycles. The van der Waals surface area contributed by atoms with E-state index in [-0.39, 0.29) is 17.3 Å². The topological polar surface area (TPSA) is 158 Å². The molecule has 1 saturated heterocycles. The molecule has 5 N–H and O–H groups in total. The lowest BCUT2D eigenvalue weighted by molar-refractivity contribution is 0.00821. The summed E-state index contributed by atoms with van der Waals surface area (Å²) in [4.78, 5) is 48.3. The highest BCUT2D eigenvalue weighted by atomic mass is 16.6. The number of nitrogens with two attached hydrogens (primary N) is 2. The number of nitrogens with zero attached hydrogens (tertiary/aromatic N) is 4. The Morgan fingerprint density at radius 2 is 1.81 bits per heavy atom. The highest BCUT2D eigenvalue weighted by molar-refractivity contribution is 6.04. The third-order valence-electron chi connectivity index (χ3n) is 5.93. The van der Waals surface area contributed by atoms with Gasteiger partial charge in [-0.2, -0.15) is 0 Å². The van der Waals surface area contributed by atoms with Gasteiger partial charge in [0.15, 0.2) is 11.5 Å². The molecule has 0 bridgehead atoms. The molecule has 4 rings (SSSR count). The van der Waals surface area contributed by atoms with Gasteiger partial charge in [0.1, 0.15) is 17.1 Å². The van der Waals surface area contributed by atoms with E-state index in [2.05, 4.69) is 15.3 Å². The first kappa shape index (κ1) is 25.7. The normalized spacial score (nSPS) is 15.8. The van der Waals surface area contributed by atoms with Gasteiger partial charge in [0.25, 0.3) is 11.8 Å². The SMILES string of the molecule is CC(C)(C)OC(=O)N1CCCCC1c1nc(-c2ccc(C(=O)Nc3ccccn3)cc2)c(C(N)=O)n1N. The molecular weight excluding hydrogens is 474 g/mol. The molecule has 0 spiro atoms. The Kier molecular flexibility index (Phi) is 7.14. The summed E-state index contributed by atoms with van der Waals surface area (Å²) in [5.74, 6) is 6.01. The number of imidazole rings is 1. The number of aromatic nitrogens is 3. The third kappa shape index (κ3) is 5.71. The molecule has 1 aliphatic heterocycles. The van der Waals surface area contributed by atoms with Gasteiger partial charge in [-0.25, -0.2) is 19.4 Å². The Labute approximate surface area is 214 Å². The minimum atomic E-state index is -0.757. The third-order valence-corrected chi connectivity index (χ3v) is 5.93. The summed E-state index contributed by atoms with van der Waals surface area (Å²) in [5.41, 5.74) is 6.25. The number of nitrogen functional groups attached to an aromatic ring is 1. The first-order valence-corrected chi connectivity index (χ1v) is 12.0. The maximum atomic E-state index is 12.9. The number of carbonyl (C=O) groups excluding carboxylic acids is 3. The van der Waals surface area contributed by atoms with Crippen LogP contribution in [0.2, 0.25) is 0 Å². The van der Waals surface area contributed by atoms with Gasteiger partial charge in [-0.05, 0) is 64.3 Å². The Hall–Kier alpha value is -4.41. The second kappa shape index (κ2) is 10.3. The number of nitrogens with one attached hydrogen (secondary N) is 1. The molecule has 1 unspecified atom stereocenters. The van der Waals surface area contributed by atoms with E-state index in [1.807, 2.05) is 0 Å². The first-order chi connectivity index (χ1) is 17.5. The van der Waals surface area contributed by atoms with E-state index in [0.717, 1.165) is 17.5 Å². The van der Waals surface area contributed by atoms with Crippen LogP contribution < -0.4 is 16.9 Å². The van der Waals surface area contributed by atoms with Crippen LogP contribution >= 0.6 is 0 Å². The van der Waals surface area contributed by atoms with E-state index >= 15 is 0 Å². The summed E-state index contributed by atoms with van der Waals surface area (Å²) < 4.78 is 6.75. The number of hydrogen-bond donors (Lipinski definition) is 3. The van der Waals surface area contributed by atoms with Crippen LogP contribution in [0.3, 0.4) is 0 Å². The zero-order valence-corrected chi connectivity index (χ0v) is 21.1. The van der Waals surface area contributed by atoms with E-state index in [1.54, 1.807) is 74.3 Å². The van der Waals surface area contributed by atoms with Crippen molar-refractivity contribution in [3.05, 3.63) is 65.7 Å². The summed E-state index contributed by atoms with van der Waals surface area (Å²) in [5, 5.41) is 2.72. The van der Waals surface area contributed by atoms with Crippen molar-refractivity contribution in [2.75, 3.05) is 17.7 Å². The van der Waals surface area contributed by atoms with Gasteiger partial charge in [-0.1, -0.05) is 18.2 Å². The molecule has 0 radical (unpaired) electrons. The zero-order valence-electron chi connectivity index (χ0n) is 21.1. The molecule has 1 atom stereocenters. The van der Waals surface area contributed by atoms with E-state index < -0.39 is 23.6 Å². The van der Waals surface area contributed by atoms with Crippen LogP contribution in [-0.2, 0) is 4.74 Å². The lowest BCUT2D eigenvalue weighted by atomic mass is 10.0. The molecular formula is C26H31N7O4. The summed E-state index contributed by atoms with van der Waals surface area (Å²) in [6, 6.07) is 11.3. The number of piperidine rings is 1. The molecule has 11 nitrogen and oxygen atoms in total. The molecule has 3 aromatic rings. The van der Waals surface area contributed by atoms with Gasteiger partial charge in [0.2, 0.25) is 0 Å². The minimum absolute atomic E-state index is 0.00963. The van der Waals surface area contributed by atoms with Gasteiger partial charge in [0, 0.05) is 23.9 Å². The average molecular weight is 506 g/mol. The fraction of sp³-hybridized carbons (Fsp3) is 0.346. The standard InChI is InChI=1S/C26H31N7O4/c1-26(2,3)37-25(36)32-15-7-5-8-18(32)23-31-20(21(22(27)34)33(23)28)16-10-12-17(13-11-16)24(35)30-19-9-4-6-14-29-19/h4,6,9-14,18H,5,7-8,15,28H2,1-3H3,(H2,27,34)(H,29,30,35). The van der Waals surface area contributed by atoms with Crippen molar-refractivity contribution in [1.29, 1.82) is 0 Å². The second-order valence-corrected chi connectivity index (χ2v) is 9.83. The molecule has 1 fully saturated rings. The van der Waals surface area contributed by atoms with Gasteiger partial charge >= 0.3 is 6.09 Å². The monoisotopic (exact) mass is 505 g/mol. The molecule has 0 aliphatic carbocycles. The minimum Gasteiger partial charge on any atom is -0.444 e. The number of likely N-dealkylation sites (tertiary alicyclic amines) is 1. The molecule has 3 heterocycles. The Balaban J connectivity index is 1.64. The van der Waals surface area contributed by atoms with Crippen molar-refractivity contribution in [2.24, 2.45) is 5.73 Å². The lowest BCUT2D eigenvalue weighted by Gasteiger charge is -2.36. The largest absolute Gasteiger partial charge is 0.444 e. The number of pyridine rings is 1. The number of amides is 3. The van der Waals surface area contributed by atoms with Crippen molar-refractivity contribution >= 4 is 23.7 Å². The molecule has 0 saturated carbocycles. The van der Waals surface area contributed by atoms with Crippen LogP contribution in [0.25, 0.3) is 11.3 Å². The molecule has 3 amide bonds. The van der Waals surface area contributed by atoms with Crippen LogP contribution in [0.4, 0.5) is 10.6 Å². The van der Waals surface area contributed by atoms with Crippen molar-refractivity contribution in [2.45, 2.75) is 51.7 Å². The van der Waals surface area contributed by atoms with E-state index in [9.17, 15) is 14.4 Å². The van der Waals surface area contributed by atoms with Gasteiger partial charge in [-0.15, -0.1) is 0 Å². The summed E-state index contributed by atoms with van der Waals surface area (Å²) in [7, 11) is 0. The summed E-state index contributed by atoms with van der Waals surface area (Å²) in [6.07, 6.45) is 3.40. The van der Waals surface area contributed by atoms with Crippen LogP contribution in [0.1, 0.15) is 72.7 Å². The molecule has 194 valence electrons. The fourth-order valence-electron chi connectivity index (χ4n) is 4.27. The Morgan fingerprint density at radius 3 is 2.43 bits per heavy atom. The number of ether oxygens (including phenoxy) is 1. The molecule has 37 heavy (non-hydrogen) atoms. The van der Waals surface area contributed by atoms with Crippen molar-refractivity contribution in [1.82, 2.24) is 19.5 Å². The highest BCUT2D eigenvalue weighted by Crippen LogP contribution is 2.34. The van der Waals surface area contributed by atoms with Crippen molar-refractivity contribution in [3.63, 3.8) is 0 Å². The van der Waals surface area contributed by atoms with E-state index in [1.165, 1.54) is 0 Å². The maximum absolute atomic E-state index is 12.9. The smallest absolute Gasteiger partial charge is 0.410 e. The van der Waals surface area contributed by atoms with Crippen LogP contribution in [-0.4, -0.2) is 49.6 Å². The summed E-state index contributed by atoms with van der Waals surface area (Å²) in [6.45, 7) is 5.89. The number of benzene rings is 1. The van der Waals surface area contributed by atoms with Gasteiger partial charge in [0.05, 0.1) is 6.04 Å². The Bertz CT molecular complexity index is 1300. The zero-order chi connectivity index (χ0) is 26.7. The number of anilines is 1. The van der Waals surface area contributed by atoms with Crippen LogP contribution in [0, 0.1) is 0 Å². The quantitative estimate of drug-likeness (QED) is 0.448. The number of hydrogen-bond acceptors (Lipinski definition) is 7. The van der Waals surface area contributed by atoms with Gasteiger partial charge < -0.3 is 21.6 Å². The lowest BCUT2D eigenvalue weighted by Crippen LogP contribution is -2.43. The predicted octanol–water partition coefficient (Wildman–Crippen LogP) is 3.47. The number of rotatable bonds is 5. The molecule has 1 aliphatic rings. The van der Waals surface area contributed by atoms with Gasteiger partial charge in [-0.3, -0.25) is 14.5 Å². The number of carbonyl (C=O) groups is 3. The van der Waals surface area contributed by atoms with Crippen molar-refractivity contribution < 1.29 is 19.1 Å². The highest BCUT2D eigenvalue weighted by Gasteiger charge is 2.36. The number of primary amides is 1. The average Bonchev–Trinajstić information content (AvgIpc) is 3.21. The predicted molar refractivity (Wildman–Crippen MR) is 138 cm³/mol. The van der Waals surface area contributed by atoms with E-state index in [4.69, 9.17) is 16.3 Å². The Morgan fingerprint density at radius 1 is 1.08 bits per heavy atom. The maximum Gasteiger partial charge on any atom is 0.410 e. The van der Waals surface area contributed by atoms with Crippen LogP contribution in [0.15, 0.2) is 48.7 Å². The second-order valence-electron chi connectivity index (χ2n) is 9.83. The molecule has 11 heteroatoms. The fourth-order valence-corrected chi connectivity index (χ4v) is 4.27. The first-order valence-electron chi connectivity index (χ1n) is 12.0. The summed E-state index contributed by atoms with van der Waals surface area (Å²) >= 11 is 0. The van der Waals surface area contributed by atoms with Crippen molar-refractivity contribution in [3.8, 4) is 11.3 Å². The van der Waals surface area contributed by atoms with Crippen LogP contribution in [0.5, 0.6) is 0 Å².